The molecule has 25 heavy (non-hydrogen) atoms. The van der Waals surface area contributed by atoms with E-state index in [9.17, 15) is 14.4 Å². The molecule has 1 aliphatic rings. The molecule has 1 fully saturated rings. The van der Waals surface area contributed by atoms with E-state index >= 15 is 0 Å². The lowest BCUT2D eigenvalue weighted by Crippen LogP contribution is -2.25. The Morgan fingerprint density at radius 3 is 2.52 bits per heavy atom. The van der Waals surface area contributed by atoms with E-state index in [4.69, 9.17) is 11.6 Å². The van der Waals surface area contributed by atoms with Crippen molar-refractivity contribution < 1.29 is 14.4 Å². The number of carbonyl (C=O) groups is 3. The molecule has 3 amide bonds. The highest BCUT2D eigenvalue weighted by Crippen LogP contribution is 2.23. The van der Waals surface area contributed by atoms with Crippen molar-refractivity contribution >= 4 is 46.1 Å². The van der Waals surface area contributed by atoms with E-state index in [1.807, 2.05) is 13.0 Å². The Kier molecular flexibility index (Phi) is 5.11. The summed E-state index contributed by atoms with van der Waals surface area (Å²) < 4.78 is 0. The molecular weight excluding hydrogens is 360 g/mol. The summed E-state index contributed by atoms with van der Waals surface area (Å²) in [5.74, 6) is -0.511. The first-order chi connectivity index (χ1) is 11.9. The molecule has 2 N–H and O–H groups in total. The van der Waals surface area contributed by atoms with Crippen LogP contribution in [0.3, 0.4) is 0 Å². The van der Waals surface area contributed by atoms with E-state index < -0.39 is 5.25 Å². The normalized spacial score (nSPS) is 16.6. The van der Waals surface area contributed by atoms with Gasteiger partial charge in [-0.3, -0.25) is 19.7 Å². The Hall–Kier alpha value is -2.31. The number of rotatable bonds is 4. The smallest absolute Gasteiger partial charge is 0.286 e. The van der Waals surface area contributed by atoms with E-state index in [1.54, 1.807) is 36.4 Å². The van der Waals surface area contributed by atoms with Crippen LogP contribution in [-0.2, 0) is 11.2 Å². The van der Waals surface area contributed by atoms with E-state index in [0.717, 1.165) is 22.9 Å². The van der Waals surface area contributed by atoms with Crippen LogP contribution >= 0.6 is 23.4 Å². The predicted octanol–water partition coefficient (Wildman–Crippen LogP) is 3.79. The summed E-state index contributed by atoms with van der Waals surface area (Å²) in [7, 11) is 0. The molecule has 0 spiro atoms. The third kappa shape index (κ3) is 4.21. The summed E-state index contributed by atoms with van der Waals surface area (Å²) in [6, 6.07) is 12.3. The van der Waals surface area contributed by atoms with Gasteiger partial charge in [0.15, 0.2) is 0 Å². The first-order valence-electron chi connectivity index (χ1n) is 7.60. The van der Waals surface area contributed by atoms with Crippen LogP contribution in [0.15, 0.2) is 42.5 Å². The third-order valence-corrected chi connectivity index (χ3v) is 5.22. The number of aryl methyl sites for hydroxylation is 1. The van der Waals surface area contributed by atoms with Crippen molar-refractivity contribution in [3.05, 3.63) is 64.2 Å². The lowest BCUT2D eigenvalue weighted by molar-refractivity contribution is -0.118. The van der Waals surface area contributed by atoms with Crippen molar-refractivity contribution in [2.45, 2.75) is 18.6 Å². The van der Waals surface area contributed by atoms with Crippen LogP contribution in [0.1, 0.15) is 21.5 Å². The van der Waals surface area contributed by atoms with Gasteiger partial charge in [-0.15, -0.1) is 0 Å². The highest BCUT2D eigenvalue weighted by molar-refractivity contribution is 8.15. The average molecular weight is 375 g/mol. The zero-order valence-corrected chi connectivity index (χ0v) is 14.9. The van der Waals surface area contributed by atoms with E-state index in [-0.39, 0.29) is 17.1 Å². The van der Waals surface area contributed by atoms with Crippen molar-refractivity contribution in [1.82, 2.24) is 5.32 Å². The van der Waals surface area contributed by atoms with Crippen molar-refractivity contribution in [3.8, 4) is 0 Å². The fourth-order valence-electron chi connectivity index (χ4n) is 2.41. The summed E-state index contributed by atoms with van der Waals surface area (Å²) in [5.41, 5.74) is 2.95. The lowest BCUT2D eigenvalue weighted by Gasteiger charge is -2.09. The van der Waals surface area contributed by atoms with Gasteiger partial charge in [-0.1, -0.05) is 41.6 Å². The Morgan fingerprint density at radius 2 is 1.92 bits per heavy atom. The molecule has 1 saturated heterocycles. The van der Waals surface area contributed by atoms with Gasteiger partial charge in [0.1, 0.15) is 0 Å². The van der Waals surface area contributed by atoms with Crippen molar-refractivity contribution in [2.24, 2.45) is 0 Å². The van der Waals surface area contributed by atoms with Gasteiger partial charge in [-0.25, -0.2) is 0 Å². The van der Waals surface area contributed by atoms with Gasteiger partial charge in [-0.05, 0) is 48.7 Å². The predicted molar refractivity (Wildman–Crippen MR) is 99.2 cm³/mol. The fourth-order valence-corrected chi connectivity index (χ4v) is 3.45. The summed E-state index contributed by atoms with van der Waals surface area (Å²) >= 11 is 7.05. The standard InChI is InChI=1S/C18H15ClN2O3S/c1-10-2-7-13(9-14(10)19)20-16(22)12-5-3-11(4-6-12)8-15-17(23)21-18(24)25-15/h2-7,9,15H,8H2,1H3,(H,20,22)(H,21,23,24)/t15-/m0/s1. The number of imide groups is 1. The molecule has 1 atom stereocenters. The maximum absolute atomic E-state index is 12.3. The van der Waals surface area contributed by atoms with Gasteiger partial charge in [0, 0.05) is 16.3 Å². The zero-order valence-electron chi connectivity index (χ0n) is 13.3. The van der Waals surface area contributed by atoms with Crippen molar-refractivity contribution in [1.29, 1.82) is 0 Å². The van der Waals surface area contributed by atoms with E-state index in [1.165, 1.54) is 0 Å². The second kappa shape index (κ2) is 7.29. The number of amides is 3. The van der Waals surface area contributed by atoms with Gasteiger partial charge >= 0.3 is 0 Å². The summed E-state index contributed by atoms with van der Waals surface area (Å²) in [6.45, 7) is 1.89. The Labute approximate surface area is 154 Å². The first kappa shape index (κ1) is 17.5. The SMILES string of the molecule is Cc1ccc(NC(=O)c2ccc(C[C@@H]3SC(=O)NC3=O)cc2)cc1Cl. The minimum Gasteiger partial charge on any atom is -0.322 e. The number of anilines is 1. The van der Waals surface area contributed by atoms with Gasteiger partial charge in [0.25, 0.3) is 11.1 Å². The summed E-state index contributed by atoms with van der Waals surface area (Å²) in [5, 5.41) is 4.92. The molecule has 0 unspecified atom stereocenters. The minimum absolute atomic E-state index is 0.241. The average Bonchev–Trinajstić information content (AvgIpc) is 2.89. The fraction of sp³-hybridized carbons (Fsp3) is 0.167. The molecule has 3 rings (SSSR count). The molecule has 0 radical (unpaired) electrons. The van der Waals surface area contributed by atoms with Crippen LogP contribution in [0.4, 0.5) is 10.5 Å². The maximum Gasteiger partial charge on any atom is 0.286 e. The zero-order chi connectivity index (χ0) is 18.0. The Bertz CT molecular complexity index is 852. The molecule has 7 heteroatoms. The minimum atomic E-state index is -0.415. The molecule has 2 aromatic rings. The molecule has 128 valence electrons. The van der Waals surface area contributed by atoms with Gasteiger partial charge < -0.3 is 5.32 Å². The Morgan fingerprint density at radius 1 is 1.20 bits per heavy atom. The van der Waals surface area contributed by atoms with Crippen molar-refractivity contribution in [2.75, 3.05) is 5.32 Å². The summed E-state index contributed by atoms with van der Waals surface area (Å²) in [4.78, 5) is 35.1. The van der Waals surface area contributed by atoms with Crippen LogP contribution < -0.4 is 10.6 Å². The number of hydrogen-bond acceptors (Lipinski definition) is 4. The van der Waals surface area contributed by atoms with E-state index in [0.29, 0.717) is 22.7 Å². The van der Waals surface area contributed by atoms with Crippen molar-refractivity contribution in [3.63, 3.8) is 0 Å². The number of benzene rings is 2. The second-order valence-corrected chi connectivity index (χ2v) is 7.29. The van der Waals surface area contributed by atoms with Gasteiger partial charge in [0.2, 0.25) is 5.91 Å². The molecule has 5 nitrogen and oxygen atoms in total. The van der Waals surface area contributed by atoms with Crippen LogP contribution in [0.2, 0.25) is 5.02 Å². The third-order valence-electron chi connectivity index (χ3n) is 3.83. The lowest BCUT2D eigenvalue weighted by atomic mass is 10.1. The number of thioether (sulfide) groups is 1. The highest BCUT2D eigenvalue weighted by atomic mass is 35.5. The molecule has 1 heterocycles. The number of carbonyl (C=O) groups excluding carboxylic acids is 3. The number of nitrogens with one attached hydrogen (secondary N) is 2. The van der Waals surface area contributed by atoms with Crippen LogP contribution in [0.25, 0.3) is 0 Å². The quantitative estimate of drug-likeness (QED) is 0.853. The largest absolute Gasteiger partial charge is 0.322 e. The van der Waals surface area contributed by atoms with Crippen LogP contribution in [0, 0.1) is 6.92 Å². The monoisotopic (exact) mass is 374 g/mol. The Balaban J connectivity index is 1.65. The molecule has 0 aromatic heterocycles. The number of halogens is 1. The first-order valence-corrected chi connectivity index (χ1v) is 8.86. The van der Waals surface area contributed by atoms with E-state index in [2.05, 4.69) is 10.6 Å². The van der Waals surface area contributed by atoms with Crippen LogP contribution in [-0.4, -0.2) is 22.3 Å². The van der Waals surface area contributed by atoms with Crippen LogP contribution in [0.5, 0.6) is 0 Å². The molecule has 2 aromatic carbocycles. The molecule has 0 bridgehead atoms. The second-order valence-electron chi connectivity index (χ2n) is 5.70. The number of hydrogen-bond donors (Lipinski definition) is 2. The summed E-state index contributed by atoms with van der Waals surface area (Å²) in [6.07, 6.45) is 0.442. The molecular formula is C18H15ClN2O3S. The topological polar surface area (TPSA) is 75.3 Å². The van der Waals surface area contributed by atoms with Gasteiger partial charge in [0.05, 0.1) is 5.25 Å². The molecule has 1 aliphatic heterocycles. The molecule has 0 saturated carbocycles. The molecule has 0 aliphatic carbocycles. The van der Waals surface area contributed by atoms with Gasteiger partial charge in [-0.2, -0.15) is 0 Å². The maximum atomic E-state index is 12.3. The highest BCUT2D eigenvalue weighted by Gasteiger charge is 2.31.